The molecule has 0 aliphatic rings. The Morgan fingerprint density at radius 1 is 1.14 bits per heavy atom. The van der Waals surface area contributed by atoms with Gasteiger partial charge in [-0.3, -0.25) is 14.9 Å². The van der Waals surface area contributed by atoms with Crippen LogP contribution in [0.1, 0.15) is 63.4 Å². The second-order valence-electron chi connectivity index (χ2n) is 5.30. The van der Waals surface area contributed by atoms with Crippen LogP contribution in [0, 0.1) is 10.1 Å². The first-order valence-electron chi connectivity index (χ1n) is 7.53. The first-order chi connectivity index (χ1) is 10.1. The van der Waals surface area contributed by atoms with Gasteiger partial charge >= 0.3 is 5.97 Å². The average Bonchev–Trinajstić information content (AvgIpc) is 2.46. The van der Waals surface area contributed by atoms with Crippen molar-refractivity contribution < 1.29 is 14.8 Å². The zero-order chi connectivity index (χ0) is 15.7. The molecule has 0 aliphatic carbocycles. The number of carboxylic acid groups (broad SMARTS) is 1. The molecule has 1 unspecified atom stereocenters. The van der Waals surface area contributed by atoms with E-state index >= 15 is 0 Å². The molecule has 0 aliphatic heterocycles. The maximum absolute atomic E-state index is 11.4. The fourth-order valence-electron chi connectivity index (χ4n) is 2.39. The second kappa shape index (κ2) is 9.10. The van der Waals surface area contributed by atoms with Crippen LogP contribution < -0.4 is 0 Å². The average molecular weight is 293 g/mol. The Kier molecular flexibility index (Phi) is 7.43. The summed E-state index contributed by atoms with van der Waals surface area (Å²) in [5.74, 6) is -1.44. The maximum atomic E-state index is 11.4. The van der Waals surface area contributed by atoms with Gasteiger partial charge in [-0.1, -0.05) is 57.6 Å². The Morgan fingerprint density at radius 3 is 2.24 bits per heavy atom. The van der Waals surface area contributed by atoms with Crippen molar-refractivity contribution in [3.63, 3.8) is 0 Å². The Morgan fingerprint density at radius 2 is 1.71 bits per heavy atom. The second-order valence-corrected chi connectivity index (χ2v) is 5.30. The summed E-state index contributed by atoms with van der Waals surface area (Å²) in [7, 11) is 0. The van der Waals surface area contributed by atoms with E-state index in [4.69, 9.17) is 0 Å². The van der Waals surface area contributed by atoms with E-state index in [1.165, 1.54) is 31.4 Å². The van der Waals surface area contributed by atoms with Crippen molar-refractivity contribution >= 4 is 11.7 Å². The van der Waals surface area contributed by atoms with Gasteiger partial charge in [0.1, 0.15) is 0 Å². The lowest BCUT2D eigenvalue weighted by Crippen LogP contribution is -2.11. The summed E-state index contributed by atoms with van der Waals surface area (Å²) in [6.45, 7) is 2.16. The molecule has 1 aromatic carbocycles. The number of non-ortho nitro benzene ring substituents is 1. The molecule has 1 N–H and O–H groups in total. The van der Waals surface area contributed by atoms with Gasteiger partial charge in [0.15, 0.2) is 0 Å². The van der Waals surface area contributed by atoms with Gasteiger partial charge in [-0.05, 0) is 12.0 Å². The molecule has 0 amide bonds. The summed E-state index contributed by atoms with van der Waals surface area (Å²) in [4.78, 5) is 21.5. The van der Waals surface area contributed by atoms with E-state index in [0.717, 1.165) is 19.3 Å². The molecule has 0 bridgehead atoms. The Labute approximate surface area is 125 Å². The molecule has 5 heteroatoms. The van der Waals surface area contributed by atoms with Crippen molar-refractivity contribution in [2.75, 3.05) is 0 Å². The summed E-state index contributed by atoms with van der Waals surface area (Å²) >= 11 is 0. The van der Waals surface area contributed by atoms with E-state index in [1.807, 2.05) is 0 Å². The highest BCUT2D eigenvalue weighted by atomic mass is 16.6. The minimum absolute atomic E-state index is 0.0116. The molecule has 1 rings (SSSR count). The number of hydrogen-bond acceptors (Lipinski definition) is 3. The van der Waals surface area contributed by atoms with E-state index in [9.17, 15) is 20.0 Å². The van der Waals surface area contributed by atoms with Crippen molar-refractivity contribution in [1.29, 1.82) is 0 Å². The molecule has 1 aromatic rings. The first kappa shape index (κ1) is 17.1. The van der Waals surface area contributed by atoms with Crippen molar-refractivity contribution in [2.45, 2.75) is 57.8 Å². The molecule has 0 aromatic heterocycles. The lowest BCUT2D eigenvalue weighted by molar-refractivity contribution is -0.384. The van der Waals surface area contributed by atoms with Crippen molar-refractivity contribution in [1.82, 2.24) is 0 Å². The number of rotatable bonds is 10. The zero-order valence-corrected chi connectivity index (χ0v) is 12.5. The topological polar surface area (TPSA) is 80.4 Å². The minimum Gasteiger partial charge on any atom is -0.481 e. The fraction of sp³-hybridized carbons (Fsp3) is 0.562. The molecule has 5 nitrogen and oxygen atoms in total. The smallest absolute Gasteiger partial charge is 0.310 e. The quantitative estimate of drug-likeness (QED) is 0.391. The standard InChI is InChI=1S/C16H23NO4/c1-2-3-4-5-6-7-8-15(16(18)19)13-9-11-14(12-10-13)17(20)21/h9-12,15H,2-8H2,1H3,(H,18,19). The monoisotopic (exact) mass is 293 g/mol. The van der Waals surface area contributed by atoms with Gasteiger partial charge in [0.25, 0.3) is 5.69 Å². The van der Waals surface area contributed by atoms with Crippen LogP contribution in [0.5, 0.6) is 0 Å². The Bertz CT molecular complexity index is 456. The van der Waals surface area contributed by atoms with Gasteiger partial charge < -0.3 is 5.11 Å². The lowest BCUT2D eigenvalue weighted by Gasteiger charge is -2.12. The molecule has 0 fully saturated rings. The molecular weight excluding hydrogens is 270 g/mol. The number of hydrogen-bond donors (Lipinski definition) is 1. The van der Waals surface area contributed by atoms with Crippen LogP contribution in [0.25, 0.3) is 0 Å². The first-order valence-corrected chi connectivity index (χ1v) is 7.53. The van der Waals surface area contributed by atoms with Crippen molar-refractivity contribution in [3.05, 3.63) is 39.9 Å². The number of benzene rings is 1. The van der Waals surface area contributed by atoms with Crippen LogP contribution in [0.2, 0.25) is 0 Å². The van der Waals surface area contributed by atoms with Gasteiger partial charge in [-0.25, -0.2) is 0 Å². The van der Waals surface area contributed by atoms with Gasteiger partial charge in [0.2, 0.25) is 0 Å². The zero-order valence-electron chi connectivity index (χ0n) is 12.5. The van der Waals surface area contributed by atoms with Gasteiger partial charge in [-0.2, -0.15) is 0 Å². The Balaban J connectivity index is 2.53. The third kappa shape index (κ3) is 5.94. The molecule has 0 spiro atoms. The number of aliphatic carboxylic acids is 1. The summed E-state index contributed by atoms with van der Waals surface area (Å²) < 4.78 is 0. The predicted octanol–water partition coefficient (Wildman–Crippen LogP) is 4.51. The number of carbonyl (C=O) groups is 1. The normalized spacial score (nSPS) is 12.0. The van der Waals surface area contributed by atoms with E-state index in [-0.39, 0.29) is 5.69 Å². The Hall–Kier alpha value is -1.91. The highest BCUT2D eigenvalue weighted by molar-refractivity contribution is 5.76. The van der Waals surface area contributed by atoms with E-state index in [2.05, 4.69) is 6.92 Å². The van der Waals surface area contributed by atoms with Gasteiger partial charge in [0, 0.05) is 12.1 Å². The van der Waals surface area contributed by atoms with Crippen LogP contribution in [0.15, 0.2) is 24.3 Å². The maximum Gasteiger partial charge on any atom is 0.310 e. The van der Waals surface area contributed by atoms with Crippen molar-refractivity contribution in [3.8, 4) is 0 Å². The molecular formula is C16H23NO4. The largest absolute Gasteiger partial charge is 0.481 e. The highest BCUT2D eigenvalue weighted by Crippen LogP contribution is 2.25. The van der Waals surface area contributed by atoms with Crippen LogP contribution in [-0.2, 0) is 4.79 Å². The summed E-state index contributed by atoms with van der Waals surface area (Å²) in [6, 6.07) is 5.83. The summed E-state index contributed by atoms with van der Waals surface area (Å²) in [5, 5.41) is 19.9. The molecule has 0 radical (unpaired) electrons. The predicted molar refractivity (Wildman–Crippen MR) is 81.5 cm³/mol. The van der Waals surface area contributed by atoms with E-state index in [0.29, 0.717) is 12.0 Å². The number of unbranched alkanes of at least 4 members (excludes halogenated alkanes) is 5. The van der Waals surface area contributed by atoms with Crippen LogP contribution in [-0.4, -0.2) is 16.0 Å². The number of nitro benzene ring substituents is 1. The van der Waals surface area contributed by atoms with Crippen LogP contribution >= 0.6 is 0 Å². The number of carboxylic acids is 1. The third-order valence-corrected chi connectivity index (χ3v) is 3.65. The summed E-state index contributed by atoms with van der Waals surface area (Å²) in [5.41, 5.74) is 0.629. The fourth-order valence-corrected chi connectivity index (χ4v) is 2.39. The third-order valence-electron chi connectivity index (χ3n) is 3.65. The summed E-state index contributed by atoms with van der Waals surface area (Å²) in [6.07, 6.45) is 7.26. The lowest BCUT2D eigenvalue weighted by atomic mass is 9.93. The van der Waals surface area contributed by atoms with E-state index in [1.54, 1.807) is 12.1 Å². The minimum atomic E-state index is -0.864. The number of nitro groups is 1. The van der Waals surface area contributed by atoms with Gasteiger partial charge in [-0.15, -0.1) is 0 Å². The van der Waals surface area contributed by atoms with Crippen LogP contribution in [0.4, 0.5) is 5.69 Å². The van der Waals surface area contributed by atoms with Gasteiger partial charge in [0.05, 0.1) is 10.8 Å². The highest BCUT2D eigenvalue weighted by Gasteiger charge is 2.20. The SMILES string of the molecule is CCCCCCCCC(C(=O)O)c1ccc([N+](=O)[O-])cc1. The molecule has 21 heavy (non-hydrogen) atoms. The molecule has 1 atom stereocenters. The number of nitrogens with zero attached hydrogens (tertiary/aromatic N) is 1. The van der Waals surface area contributed by atoms with Crippen LogP contribution in [0.3, 0.4) is 0 Å². The van der Waals surface area contributed by atoms with Crippen molar-refractivity contribution in [2.24, 2.45) is 0 Å². The van der Waals surface area contributed by atoms with E-state index < -0.39 is 16.8 Å². The molecule has 0 saturated heterocycles. The molecule has 0 heterocycles. The molecule has 116 valence electrons. The molecule has 0 saturated carbocycles.